The van der Waals surface area contributed by atoms with Crippen LogP contribution < -0.4 is 5.73 Å². The van der Waals surface area contributed by atoms with Crippen molar-refractivity contribution in [2.24, 2.45) is 5.73 Å². The Hall–Kier alpha value is -0.380. The molecule has 0 saturated heterocycles. The molecule has 0 radical (unpaired) electrons. The second-order valence-corrected chi connectivity index (χ2v) is 4.69. The third kappa shape index (κ3) is 2.79. The number of halogens is 1. The number of aliphatic hydroxyl groups excluding tert-OH is 1. The van der Waals surface area contributed by atoms with Gasteiger partial charge < -0.3 is 10.8 Å². The molecule has 0 heterocycles. The van der Waals surface area contributed by atoms with Crippen molar-refractivity contribution in [3.8, 4) is 0 Å². The molecule has 0 bridgehead atoms. The molecule has 3 heteroatoms. The fraction of sp³-hybridized carbons (Fsp3) is 0.400. The van der Waals surface area contributed by atoms with E-state index in [2.05, 4.69) is 15.9 Å². The number of benzene rings is 1. The van der Waals surface area contributed by atoms with E-state index in [-0.39, 0.29) is 0 Å². The van der Waals surface area contributed by atoms with Crippen molar-refractivity contribution in [1.29, 1.82) is 0 Å². The van der Waals surface area contributed by atoms with Gasteiger partial charge in [-0.25, -0.2) is 0 Å². The molecule has 0 unspecified atom stereocenters. The lowest BCUT2D eigenvalue weighted by Crippen LogP contribution is -2.39. The normalized spacial score (nSPS) is 14.2. The van der Waals surface area contributed by atoms with Gasteiger partial charge in [-0.2, -0.15) is 0 Å². The second-order valence-electron chi connectivity index (χ2n) is 3.78. The van der Waals surface area contributed by atoms with Crippen LogP contribution in [-0.4, -0.2) is 10.6 Å². The van der Waals surface area contributed by atoms with Crippen LogP contribution >= 0.6 is 15.9 Å². The molecule has 0 amide bonds. The molecule has 1 aromatic rings. The predicted octanol–water partition coefficient (Wildman–Crippen LogP) is 2.22. The average molecular weight is 244 g/mol. The van der Waals surface area contributed by atoms with E-state index in [9.17, 15) is 5.11 Å². The highest BCUT2D eigenvalue weighted by atomic mass is 79.9. The Kier molecular flexibility index (Phi) is 3.11. The summed E-state index contributed by atoms with van der Waals surface area (Å²) in [6, 6.07) is 7.52. The van der Waals surface area contributed by atoms with Crippen LogP contribution in [-0.2, 0) is 0 Å². The first-order valence-corrected chi connectivity index (χ1v) is 4.93. The van der Waals surface area contributed by atoms with E-state index in [1.54, 1.807) is 13.8 Å². The summed E-state index contributed by atoms with van der Waals surface area (Å²) in [4.78, 5) is 0. The lowest BCUT2D eigenvalue weighted by atomic mass is 9.93. The SMILES string of the molecule is CC(C)(N)[C@@H](O)c1ccc(Br)cc1. The molecule has 2 nitrogen and oxygen atoms in total. The molecule has 0 aliphatic rings. The first-order chi connectivity index (χ1) is 5.91. The lowest BCUT2D eigenvalue weighted by molar-refractivity contribution is 0.104. The Morgan fingerprint density at radius 3 is 2.15 bits per heavy atom. The molecule has 1 rings (SSSR count). The summed E-state index contributed by atoms with van der Waals surface area (Å²) in [5.74, 6) is 0. The summed E-state index contributed by atoms with van der Waals surface area (Å²) >= 11 is 3.33. The highest BCUT2D eigenvalue weighted by molar-refractivity contribution is 9.10. The van der Waals surface area contributed by atoms with Gasteiger partial charge in [-0.15, -0.1) is 0 Å². The monoisotopic (exact) mass is 243 g/mol. The number of rotatable bonds is 2. The van der Waals surface area contributed by atoms with E-state index in [1.807, 2.05) is 24.3 Å². The van der Waals surface area contributed by atoms with Crippen molar-refractivity contribution in [2.75, 3.05) is 0 Å². The van der Waals surface area contributed by atoms with Crippen molar-refractivity contribution < 1.29 is 5.11 Å². The smallest absolute Gasteiger partial charge is 0.0963 e. The molecule has 0 aromatic heterocycles. The first-order valence-electron chi connectivity index (χ1n) is 4.13. The van der Waals surface area contributed by atoms with Crippen LogP contribution in [0.3, 0.4) is 0 Å². The minimum Gasteiger partial charge on any atom is -0.387 e. The minimum absolute atomic E-state index is 0.603. The largest absolute Gasteiger partial charge is 0.387 e. The van der Waals surface area contributed by atoms with Gasteiger partial charge in [-0.05, 0) is 31.5 Å². The maximum Gasteiger partial charge on any atom is 0.0963 e. The zero-order chi connectivity index (χ0) is 10.1. The first kappa shape index (κ1) is 10.7. The maximum absolute atomic E-state index is 9.81. The van der Waals surface area contributed by atoms with E-state index in [4.69, 9.17) is 5.73 Å². The number of aliphatic hydroxyl groups is 1. The Balaban J connectivity index is 2.90. The Labute approximate surface area is 86.9 Å². The van der Waals surface area contributed by atoms with Gasteiger partial charge in [0.2, 0.25) is 0 Å². The molecule has 1 atom stereocenters. The van der Waals surface area contributed by atoms with Gasteiger partial charge >= 0.3 is 0 Å². The Morgan fingerprint density at radius 2 is 1.77 bits per heavy atom. The lowest BCUT2D eigenvalue weighted by Gasteiger charge is -2.26. The van der Waals surface area contributed by atoms with Crippen molar-refractivity contribution in [3.05, 3.63) is 34.3 Å². The molecule has 13 heavy (non-hydrogen) atoms. The van der Waals surface area contributed by atoms with Crippen molar-refractivity contribution >= 4 is 15.9 Å². The van der Waals surface area contributed by atoms with Crippen molar-refractivity contribution in [1.82, 2.24) is 0 Å². The summed E-state index contributed by atoms with van der Waals surface area (Å²) < 4.78 is 0.998. The molecule has 0 aliphatic carbocycles. The molecular formula is C10H14BrNO. The number of hydrogen-bond acceptors (Lipinski definition) is 2. The Bertz CT molecular complexity index is 276. The maximum atomic E-state index is 9.81. The topological polar surface area (TPSA) is 46.2 Å². The van der Waals surface area contributed by atoms with Crippen LogP contribution in [0.5, 0.6) is 0 Å². The van der Waals surface area contributed by atoms with Crippen LogP contribution in [0.25, 0.3) is 0 Å². The van der Waals surface area contributed by atoms with E-state index >= 15 is 0 Å². The molecule has 0 aliphatic heterocycles. The van der Waals surface area contributed by atoms with Crippen molar-refractivity contribution in [3.63, 3.8) is 0 Å². The van der Waals surface area contributed by atoms with Gasteiger partial charge in [0.1, 0.15) is 0 Å². The summed E-state index contributed by atoms with van der Waals surface area (Å²) in [6.45, 7) is 3.61. The molecule has 0 saturated carbocycles. The van der Waals surface area contributed by atoms with Gasteiger partial charge in [-0.3, -0.25) is 0 Å². The Morgan fingerprint density at radius 1 is 1.31 bits per heavy atom. The zero-order valence-electron chi connectivity index (χ0n) is 7.79. The van der Waals surface area contributed by atoms with Crippen LogP contribution in [0.15, 0.2) is 28.7 Å². The zero-order valence-corrected chi connectivity index (χ0v) is 9.38. The molecule has 1 aromatic carbocycles. The fourth-order valence-corrected chi connectivity index (χ4v) is 1.34. The standard InChI is InChI=1S/C10H14BrNO/c1-10(2,12)9(13)7-3-5-8(11)6-4-7/h3-6,9,13H,12H2,1-2H3/t9-/m0/s1. The van der Waals surface area contributed by atoms with E-state index in [1.165, 1.54) is 0 Å². The van der Waals surface area contributed by atoms with Gasteiger partial charge in [0.05, 0.1) is 6.10 Å². The highest BCUT2D eigenvalue weighted by Crippen LogP contribution is 2.24. The quantitative estimate of drug-likeness (QED) is 0.837. The second kappa shape index (κ2) is 3.78. The highest BCUT2D eigenvalue weighted by Gasteiger charge is 2.23. The molecular weight excluding hydrogens is 230 g/mol. The van der Waals surface area contributed by atoms with Crippen LogP contribution in [0, 0.1) is 0 Å². The van der Waals surface area contributed by atoms with Crippen LogP contribution in [0.1, 0.15) is 25.5 Å². The summed E-state index contributed by atoms with van der Waals surface area (Å²) in [6.07, 6.45) is -0.624. The number of hydrogen-bond donors (Lipinski definition) is 2. The van der Waals surface area contributed by atoms with E-state index in [0.717, 1.165) is 10.0 Å². The average Bonchev–Trinajstić information content (AvgIpc) is 2.03. The number of nitrogens with two attached hydrogens (primary N) is 1. The molecule has 72 valence electrons. The summed E-state index contributed by atoms with van der Waals surface area (Å²) in [5.41, 5.74) is 6.03. The third-order valence-electron chi connectivity index (χ3n) is 1.89. The summed E-state index contributed by atoms with van der Waals surface area (Å²) in [5, 5.41) is 9.81. The van der Waals surface area contributed by atoms with Crippen LogP contribution in [0.4, 0.5) is 0 Å². The summed E-state index contributed by atoms with van der Waals surface area (Å²) in [7, 11) is 0. The van der Waals surface area contributed by atoms with Crippen molar-refractivity contribution in [2.45, 2.75) is 25.5 Å². The van der Waals surface area contributed by atoms with Crippen LogP contribution in [0.2, 0.25) is 0 Å². The molecule has 0 fully saturated rings. The van der Waals surface area contributed by atoms with Gasteiger partial charge in [-0.1, -0.05) is 28.1 Å². The van der Waals surface area contributed by atoms with Gasteiger partial charge in [0.25, 0.3) is 0 Å². The minimum atomic E-state index is -0.624. The van der Waals surface area contributed by atoms with Gasteiger partial charge in [0.15, 0.2) is 0 Å². The molecule has 3 N–H and O–H groups in total. The van der Waals surface area contributed by atoms with E-state index in [0.29, 0.717) is 0 Å². The fourth-order valence-electron chi connectivity index (χ4n) is 1.07. The third-order valence-corrected chi connectivity index (χ3v) is 2.42. The molecule has 0 spiro atoms. The van der Waals surface area contributed by atoms with E-state index < -0.39 is 11.6 Å². The van der Waals surface area contributed by atoms with Gasteiger partial charge in [0, 0.05) is 10.0 Å². The predicted molar refractivity (Wildman–Crippen MR) is 57.4 cm³/mol.